The van der Waals surface area contributed by atoms with Crippen LogP contribution in [0.15, 0.2) is 76.2 Å². The monoisotopic (exact) mass is 618 g/mol. The van der Waals surface area contributed by atoms with Gasteiger partial charge in [0, 0.05) is 51.6 Å². The fourth-order valence-corrected chi connectivity index (χ4v) is 5.23. The Morgan fingerprint density at radius 2 is 1.92 bits per heavy atom. The molecule has 2 atom stereocenters. The van der Waals surface area contributed by atoms with Crippen molar-refractivity contribution in [1.29, 1.82) is 0 Å². The van der Waals surface area contributed by atoms with Gasteiger partial charge in [-0.05, 0) is 54.4 Å². The molecule has 3 aromatic rings. The summed E-state index contributed by atoms with van der Waals surface area (Å²) in [5.74, 6) is 0.755. The third-order valence-electron chi connectivity index (χ3n) is 6.23. The number of aliphatic hydroxyl groups is 1. The largest absolute Gasteiger partial charge is 0.494 e. The highest BCUT2D eigenvalue weighted by molar-refractivity contribution is 9.10. The zero-order chi connectivity index (χ0) is 27.1. The number of carbonyl (C=O) groups excluding carboxylic acids is 1. The van der Waals surface area contributed by atoms with Gasteiger partial charge in [0.05, 0.1) is 6.61 Å². The fourth-order valence-electron chi connectivity index (χ4n) is 4.30. The van der Waals surface area contributed by atoms with Crippen LogP contribution in [0.25, 0.3) is 0 Å². The van der Waals surface area contributed by atoms with E-state index >= 15 is 0 Å². The average Bonchev–Trinajstić information content (AvgIpc) is 3.29. The van der Waals surface area contributed by atoms with Crippen LogP contribution in [0.3, 0.4) is 0 Å². The molecule has 1 heterocycles. The van der Waals surface area contributed by atoms with Crippen molar-refractivity contribution >= 4 is 50.9 Å². The Bertz CT molecular complexity index is 1300. The van der Waals surface area contributed by atoms with Crippen molar-refractivity contribution in [3.05, 3.63) is 97.9 Å². The smallest absolute Gasteiger partial charge is 0.252 e. The first-order chi connectivity index (χ1) is 18.4. The quantitative estimate of drug-likeness (QED) is 0.239. The number of nitrogens with zero attached hydrogens (tertiary/aromatic N) is 1. The molecule has 0 unspecified atom stereocenters. The van der Waals surface area contributed by atoms with E-state index in [1.165, 1.54) is 0 Å². The summed E-state index contributed by atoms with van der Waals surface area (Å²) in [5.41, 5.74) is 0.905. The standard InChI is InChI=1S/C29H29BrCl2N2O4/c1-2-14-33-28(36)29(18-20-6-3-4-7-24(20)30)26(23-13-10-21(31)17-25(23)32)38-27(34-29)19-8-11-22(12-9-19)37-16-5-15-35/h3-4,6-13,17,26,35H,2,5,14-16,18H2,1H3,(H,33,36)/t26-,29-/m1/s1. The van der Waals surface area contributed by atoms with Crippen LogP contribution in [0, 0.1) is 0 Å². The molecule has 1 amide bonds. The second-order valence-electron chi connectivity index (χ2n) is 8.98. The maximum absolute atomic E-state index is 14.0. The lowest BCUT2D eigenvalue weighted by Crippen LogP contribution is -2.50. The molecule has 0 saturated heterocycles. The number of halogens is 3. The number of nitrogens with one attached hydrogen (secondary N) is 1. The van der Waals surface area contributed by atoms with Gasteiger partial charge in [-0.2, -0.15) is 0 Å². The maximum Gasteiger partial charge on any atom is 0.252 e. The van der Waals surface area contributed by atoms with Gasteiger partial charge in [-0.1, -0.05) is 70.3 Å². The van der Waals surface area contributed by atoms with E-state index in [9.17, 15) is 4.79 Å². The molecule has 1 aliphatic rings. The highest BCUT2D eigenvalue weighted by Crippen LogP contribution is 2.45. The van der Waals surface area contributed by atoms with Gasteiger partial charge >= 0.3 is 0 Å². The lowest BCUT2D eigenvalue weighted by atomic mass is 9.82. The minimum Gasteiger partial charge on any atom is -0.494 e. The average molecular weight is 620 g/mol. The molecule has 0 spiro atoms. The summed E-state index contributed by atoms with van der Waals surface area (Å²) in [6, 6.07) is 20.2. The van der Waals surface area contributed by atoms with E-state index in [1.54, 1.807) is 18.2 Å². The molecule has 0 radical (unpaired) electrons. The first-order valence-electron chi connectivity index (χ1n) is 12.4. The Morgan fingerprint density at radius 1 is 1.16 bits per heavy atom. The van der Waals surface area contributed by atoms with E-state index in [0.717, 1.165) is 16.5 Å². The first kappa shape index (κ1) is 28.4. The molecule has 1 aliphatic heterocycles. The summed E-state index contributed by atoms with van der Waals surface area (Å²) in [5, 5.41) is 12.9. The normalized spacial score (nSPS) is 18.6. The SMILES string of the molecule is CCCNC(=O)[C@]1(Cc2ccccc2Br)N=C(c2ccc(OCCCO)cc2)O[C@@H]1c1ccc(Cl)cc1Cl. The van der Waals surface area contributed by atoms with Crippen molar-refractivity contribution in [1.82, 2.24) is 5.32 Å². The second-order valence-corrected chi connectivity index (χ2v) is 10.7. The number of rotatable bonds is 11. The van der Waals surface area contributed by atoms with Crippen molar-refractivity contribution in [2.45, 2.75) is 37.8 Å². The third kappa shape index (κ3) is 6.34. The van der Waals surface area contributed by atoms with Crippen LogP contribution in [0.4, 0.5) is 0 Å². The lowest BCUT2D eigenvalue weighted by Gasteiger charge is -2.31. The maximum atomic E-state index is 14.0. The van der Waals surface area contributed by atoms with Crippen LogP contribution in [0.1, 0.15) is 42.6 Å². The van der Waals surface area contributed by atoms with E-state index in [4.69, 9.17) is 42.8 Å². The first-order valence-corrected chi connectivity index (χ1v) is 14.0. The molecule has 0 fully saturated rings. The summed E-state index contributed by atoms with van der Waals surface area (Å²) in [7, 11) is 0. The van der Waals surface area contributed by atoms with E-state index in [-0.39, 0.29) is 18.9 Å². The molecule has 3 aromatic carbocycles. The molecular weight excluding hydrogens is 591 g/mol. The summed E-state index contributed by atoms with van der Waals surface area (Å²) >= 11 is 16.5. The van der Waals surface area contributed by atoms with E-state index in [0.29, 0.717) is 52.4 Å². The predicted molar refractivity (Wildman–Crippen MR) is 154 cm³/mol. The van der Waals surface area contributed by atoms with Crippen molar-refractivity contribution in [2.24, 2.45) is 4.99 Å². The van der Waals surface area contributed by atoms with Gasteiger partial charge in [-0.15, -0.1) is 0 Å². The lowest BCUT2D eigenvalue weighted by molar-refractivity contribution is -0.128. The Morgan fingerprint density at radius 3 is 2.61 bits per heavy atom. The second kappa shape index (κ2) is 13.0. The molecule has 0 aliphatic carbocycles. The molecule has 9 heteroatoms. The van der Waals surface area contributed by atoms with Crippen LogP contribution in [-0.4, -0.2) is 42.2 Å². The number of hydrogen-bond acceptors (Lipinski definition) is 5. The fraction of sp³-hybridized carbons (Fsp3) is 0.310. The van der Waals surface area contributed by atoms with Crippen LogP contribution in [0.2, 0.25) is 10.0 Å². The Kier molecular flexibility index (Phi) is 9.71. The van der Waals surface area contributed by atoms with Gasteiger partial charge in [0.25, 0.3) is 5.91 Å². The van der Waals surface area contributed by atoms with Crippen LogP contribution < -0.4 is 10.1 Å². The molecule has 2 N–H and O–H groups in total. The molecular formula is C29H29BrCl2N2O4. The van der Waals surface area contributed by atoms with Gasteiger partial charge in [-0.3, -0.25) is 4.79 Å². The van der Waals surface area contributed by atoms with Crippen molar-refractivity contribution in [2.75, 3.05) is 19.8 Å². The molecule has 0 aromatic heterocycles. The summed E-state index contributed by atoms with van der Waals surface area (Å²) in [6.45, 7) is 2.98. The van der Waals surface area contributed by atoms with Gasteiger partial charge in [0.1, 0.15) is 5.75 Å². The Labute approximate surface area is 241 Å². The summed E-state index contributed by atoms with van der Waals surface area (Å²) in [6.07, 6.45) is 0.801. The number of aliphatic hydroxyl groups excluding tert-OH is 1. The number of carbonyl (C=O) groups is 1. The Hall–Kier alpha value is -2.58. The van der Waals surface area contributed by atoms with Crippen LogP contribution >= 0.6 is 39.1 Å². The topological polar surface area (TPSA) is 80.2 Å². The molecule has 38 heavy (non-hydrogen) atoms. The summed E-state index contributed by atoms with van der Waals surface area (Å²) < 4.78 is 13.0. The molecule has 200 valence electrons. The third-order valence-corrected chi connectivity index (χ3v) is 7.56. The zero-order valence-electron chi connectivity index (χ0n) is 20.9. The zero-order valence-corrected chi connectivity index (χ0v) is 24.0. The minimum atomic E-state index is -1.33. The molecule has 4 rings (SSSR count). The van der Waals surface area contributed by atoms with E-state index in [1.807, 2.05) is 55.5 Å². The van der Waals surface area contributed by atoms with Gasteiger partial charge in [0.15, 0.2) is 11.6 Å². The Balaban J connectivity index is 1.81. The van der Waals surface area contributed by atoms with Crippen molar-refractivity contribution in [3.8, 4) is 5.75 Å². The minimum absolute atomic E-state index is 0.0665. The van der Waals surface area contributed by atoms with Crippen molar-refractivity contribution in [3.63, 3.8) is 0 Å². The number of hydrogen-bond donors (Lipinski definition) is 2. The van der Waals surface area contributed by atoms with Gasteiger partial charge in [0.2, 0.25) is 5.90 Å². The molecule has 0 bridgehead atoms. The number of aliphatic imine (C=N–C) groups is 1. The highest BCUT2D eigenvalue weighted by atomic mass is 79.9. The molecule has 6 nitrogen and oxygen atoms in total. The van der Waals surface area contributed by atoms with E-state index in [2.05, 4.69) is 21.2 Å². The summed E-state index contributed by atoms with van der Waals surface area (Å²) in [4.78, 5) is 19.0. The van der Waals surface area contributed by atoms with Crippen LogP contribution in [0.5, 0.6) is 5.75 Å². The van der Waals surface area contributed by atoms with Crippen molar-refractivity contribution < 1.29 is 19.4 Å². The van der Waals surface area contributed by atoms with E-state index < -0.39 is 11.6 Å². The predicted octanol–water partition coefficient (Wildman–Crippen LogP) is 6.54. The number of ether oxygens (including phenoxy) is 2. The van der Waals surface area contributed by atoms with Gasteiger partial charge in [-0.25, -0.2) is 4.99 Å². The highest BCUT2D eigenvalue weighted by Gasteiger charge is 2.54. The van der Waals surface area contributed by atoms with Gasteiger partial charge < -0.3 is 19.9 Å². The molecule has 0 saturated carbocycles. The number of amides is 1. The van der Waals surface area contributed by atoms with Crippen LogP contribution in [-0.2, 0) is 16.0 Å². The number of benzene rings is 3.